The van der Waals surface area contributed by atoms with Crippen molar-refractivity contribution in [3.05, 3.63) is 29.3 Å². The molecule has 2 rings (SSSR count). The second-order valence-corrected chi connectivity index (χ2v) is 10.3. The summed E-state index contributed by atoms with van der Waals surface area (Å²) in [6, 6.07) is 6.65. The third kappa shape index (κ3) is 6.49. The number of ether oxygens (including phenoxy) is 1. The normalized spacial score (nSPS) is 12.4. The lowest BCUT2D eigenvalue weighted by molar-refractivity contribution is -0.115. The van der Waals surface area contributed by atoms with Crippen LogP contribution in [-0.2, 0) is 25.8 Å². The Labute approximate surface area is 180 Å². The zero-order chi connectivity index (χ0) is 22.3. The molecule has 0 fully saturated rings. The van der Waals surface area contributed by atoms with Crippen LogP contribution >= 0.6 is 11.3 Å². The molecule has 0 saturated heterocycles. The van der Waals surface area contributed by atoms with Crippen LogP contribution in [0, 0.1) is 5.92 Å². The monoisotopic (exact) mass is 454 g/mol. The molecule has 2 amide bonds. The van der Waals surface area contributed by atoms with Crippen molar-refractivity contribution >= 4 is 43.8 Å². The van der Waals surface area contributed by atoms with Gasteiger partial charge in [0.1, 0.15) is 21.8 Å². The fourth-order valence-electron chi connectivity index (χ4n) is 2.74. The molecule has 11 heteroatoms. The zero-order valence-corrected chi connectivity index (χ0v) is 19.0. The maximum atomic E-state index is 12.7. The summed E-state index contributed by atoms with van der Waals surface area (Å²) in [6.45, 7) is 5.65. The van der Waals surface area contributed by atoms with E-state index < -0.39 is 32.7 Å². The van der Waals surface area contributed by atoms with Crippen LogP contribution in [0.15, 0.2) is 24.3 Å². The van der Waals surface area contributed by atoms with E-state index in [1.807, 2.05) is 13.8 Å². The summed E-state index contributed by atoms with van der Waals surface area (Å²) in [7, 11) is -2.61. The molecule has 0 aliphatic heterocycles. The van der Waals surface area contributed by atoms with Crippen molar-refractivity contribution in [3.63, 3.8) is 0 Å². The maximum Gasteiger partial charge on any atom is 0.244 e. The van der Waals surface area contributed by atoms with E-state index in [1.165, 1.54) is 18.4 Å². The number of nitrogens with one attached hydrogen (secondary N) is 2. The highest BCUT2D eigenvalue weighted by Crippen LogP contribution is 2.23. The highest BCUT2D eigenvalue weighted by molar-refractivity contribution is 7.93. The van der Waals surface area contributed by atoms with E-state index in [0.29, 0.717) is 23.8 Å². The summed E-state index contributed by atoms with van der Waals surface area (Å²) in [5, 5.41) is 12.5. The summed E-state index contributed by atoms with van der Waals surface area (Å²) in [4.78, 5) is 24.9. The molecule has 9 nitrogen and oxygen atoms in total. The lowest BCUT2D eigenvalue weighted by atomic mass is 10.1. The SMILES string of the molecule is CCC(C(=O)Nc1nnc(CC(C)C)s1)S(=O)(=O)CC(=O)Nc1ccccc1OC. The van der Waals surface area contributed by atoms with Crippen molar-refractivity contribution in [2.24, 2.45) is 5.92 Å². The van der Waals surface area contributed by atoms with Gasteiger partial charge in [-0.15, -0.1) is 10.2 Å². The third-order valence-electron chi connectivity index (χ3n) is 4.09. The van der Waals surface area contributed by atoms with Gasteiger partial charge in [-0.2, -0.15) is 0 Å². The van der Waals surface area contributed by atoms with Crippen LogP contribution in [0.4, 0.5) is 10.8 Å². The zero-order valence-electron chi connectivity index (χ0n) is 17.3. The topological polar surface area (TPSA) is 127 Å². The number of methoxy groups -OCH3 is 1. The number of hydrogen-bond acceptors (Lipinski definition) is 8. The predicted octanol–water partition coefficient (Wildman–Crippen LogP) is 2.52. The Morgan fingerprint density at radius 2 is 1.87 bits per heavy atom. The van der Waals surface area contributed by atoms with Crippen molar-refractivity contribution in [2.45, 2.75) is 38.9 Å². The van der Waals surface area contributed by atoms with E-state index in [2.05, 4.69) is 20.8 Å². The molecule has 0 radical (unpaired) electrons. The van der Waals surface area contributed by atoms with Crippen LogP contribution in [0.3, 0.4) is 0 Å². The summed E-state index contributed by atoms with van der Waals surface area (Å²) in [5.74, 6) is -1.52. The van der Waals surface area contributed by atoms with Crippen molar-refractivity contribution in [1.82, 2.24) is 10.2 Å². The Morgan fingerprint density at radius 1 is 1.17 bits per heavy atom. The number of aromatic nitrogens is 2. The number of amides is 2. The first-order valence-electron chi connectivity index (χ1n) is 9.44. The molecule has 0 bridgehead atoms. The molecular weight excluding hydrogens is 428 g/mol. The van der Waals surface area contributed by atoms with Gasteiger partial charge in [-0.3, -0.25) is 14.9 Å². The number of rotatable bonds is 10. The molecule has 0 aliphatic rings. The summed E-state index contributed by atoms with van der Waals surface area (Å²) in [6.07, 6.45) is 0.736. The first kappa shape index (κ1) is 23.7. The Bertz CT molecular complexity index is 988. The molecule has 1 atom stereocenters. The molecular formula is C19H26N4O5S2. The molecule has 2 aromatic rings. The van der Waals surface area contributed by atoms with Gasteiger partial charge in [-0.25, -0.2) is 8.42 Å². The third-order valence-corrected chi connectivity index (χ3v) is 7.03. The van der Waals surface area contributed by atoms with E-state index in [4.69, 9.17) is 4.74 Å². The molecule has 1 aromatic heterocycles. The smallest absolute Gasteiger partial charge is 0.244 e. The molecule has 164 valence electrons. The molecule has 30 heavy (non-hydrogen) atoms. The number of para-hydroxylation sites is 2. The molecule has 2 N–H and O–H groups in total. The minimum Gasteiger partial charge on any atom is -0.495 e. The van der Waals surface area contributed by atoms with Crippen LogP contribution in [0.5, 0.6) is 5.75 Å². The second kappa shape index (κ2) is 10.5. The predicted molar refractivity (Wildman–Crippen MR) is 117 cm³/mol. The number of carbonyl (C=O) groups is 2. The lowest BCUT2D eigenvalue weighted by Crippen LogP contribution is -2.39. The van der Waals surface area contributed by atoms with Gasteiger partial charge in [0.2, 0.25) is 16.9 Å². The van der Waals surface area contributed by atoms with E-state index >= 15 is 0 Å². The number of sulfone groups is 1. The molecule has 0 spiro atoms. The van der Waals surface area contributed by atoms with Gasteiger partial charge >= 0.3 is 0 Å². The number of benzene rings is 1. The Kier molecular flexibility index (Phi) is 8.30. The van der Waals surface area contributed by atoms with Crippen molar-refractivity contribution in [1.29, 1.82) is 0 Å². The Morgan fingerprint density at radius 3 is 2.50 bits per heavy atom. The minimum atomic E-state index is -4.05. The number of nitrogens with zero attached hydrogens (tertiary/aromatic N) is 2. The number of anilines is 2. The van der Waals surface area contributed by atoms with Gasteiger partial charge in [0.15, 0.2) is 9.84 Å². The highest BCUT2D eigenvalue weighted by atomic mass is 32.2. The van der Waals surface area contributed by atoms with E-state index in [1.54, 1.807) is 31.2 Å². The average molecular weight is 455 g/mol. The van der Waals surface area contributed by atoms with Gasteiger partial charge in [-0.05, 0) is 24.5 Å². The Balaban J connectivity index is 2.05. The van der Waals surface area contributed by atoms with Crippen molar-refractivity contribution in [2.75, 3.05) is 23.5 Å². The van der Waals surface area contributed by atoms with Crippen LogP contribution in [0.1, 0.15) is 32.2 Å². The van der Waals surface area contributed by atoms with E-state index in [0.717, 1.165) is 5.01 Å². The average Bonchev–Trinajstić information content (AvgIpc) is 3.07. The largest absolute Gasteiger partial charge is 0.495 e. The quantitative estimate of drug-likeness (QED) is 0.564. The highest BCUT2D eigenvalue weighted by Gasteiger charge is 2.33. The molecule has 1 unspecified atom stereocenters. The number of carbonyl (C=O) groups excluding carboxylic acids is 2. The molecule has 0 saturated carbocycles. The van der Waals surface area contributed by atoms with Gasteiger partial charge in [0.25, 0.3) is 0 Å². The van der Waals surface area contributed by atoms with Crippen LogP contribution in [0.25, 0.3) is 0 Å². The summed E-state index contributed by atoms with van der Waals surface area (Å²) < 4.78 is 30.6. The molecule has 1 heterocycles. The van der Waals surface area contributed by atoms with E-state index in [9.17, 15) is 18.0 Å². The van der Waals surface area contributed by atoms with Crippen LogP contribution in [-0.4, -0.2) is 48.5 Å². The fourth-order valence-corrected chi connectivity index (χ4v) is 5.23. The Hall–Kier alpha value is -2.53. The van der Waals surface area contributed by atoms with Crippen LogP contribution < -0.4 is 15.4 Å². The molecule has 1 aromatic carbocycles. The summed E-state index contributed by atoms with van der Waals surface area (Å²) in [5.41, 5.74) is 0.351. The maximum absolute atomic E-state index is 12.7. The van der Waals surface area contributed by atoms with Crippen molar-refractivity contribution in [3.8, 4) is 5.75 Å². The van der Waals surface area contributed by atoms with Gasteiger partial charge < -0.3 is 10.1 Å². The fraction of sp³-hybridized carbons (Fsp3) is 0.474. The second-order valence-electron chi connectivity index (χ2n) is 7.04. The van der Waals surface area contributed by atoms with Crippen LogP contribution in [0.2, 0.25) is 0 Å². The molecule has 0 aliphatic carbocycles. The standard InChI is InChI=1S/C19H26N4O5S2/c1-5-15(18(25)21-19-23-22-17(29-19)10-12(2)3)30(26,27)11-16(24)20-13-8-6-7-9-14(13)28-4/h6-9,12,15H,5,10-11H2,1-4H3,(H,20,24)(H,21,23,25). The van der Waals surface area contributed by atoms with Crippen molar-refractivity contribution < 1.29 is 22.7 Å². The first-order chi connectivity index (χ1) is 14.2. The first-order valence-corrected chi connectivity index (χ1v) is 12.0. The number of hydrogen-bond donors (Lipinski definition) is 2. The lowest BCUT2D eigenvalue weighted by Gasteiger charge is -2.15. The van der Waals surface area contributed by atoms with E-state index in [-0.39, 0.29) is 11.6 Å². The summed E-state index contributed by atoms with van der Waals surface area (Å²) >= 11 is 1.21. The minimum absolute atomic E-state index is 0.0216. The van der Waals surface area contributed by atoms with Gasteiger partial charge in [0, 0.05) is 6.42 Å². The van der Waals surface area contributed by atoms with Gasteiger partial charge in [0.05, 0.1) is 12.8 Å². The van der Waals surface area contributed by atoms with Gasteiger partial charge in [-0.1, -0.05) is 44.2 Å².